The largest absolute Gasteiger partial charge is 0.143 e. The van der Waals surface area contributed by atoms with E-state index in [0.717, 1.165) is 17.7 Å². The van der Waals surface area contributed by atoms with Gasteiger partial charge in [0.1, 0.15) is 0 Å². The second-order valence-electron chi connectivity index (χ2n) is 7.41. The van der Waals surface area contributed by atoms with Crippen LogP contribution in [0.4, 0.5) is 0 Å². The normalized spacial score (nSPS) is 36.0. The number of terminal acetylenes is 1. The molecular formula is C21H22S. The number of allylic oxidation sites excluding steroid dienone is 3. The zero-order chi connectivity index (χ0) is 15.5. The lowest BCUT2D eigenvalue weighted by Gasteiger charge is -2.50. The SMILES string of the molecule is C#CC1=CCC2C3CC(=C)c4cc(S)ccc4C3CCC12C. The first kappa shape index (κ1) is 14.2. The van der Waals surface area contributed by atoms with Crippen LogP contribution < -0.4 is 0 Å². The van der Waals surface area contributed by atoms with Crippen molar-refractivity contribution >= 4 is 18.2 Å². The highest BCUT2D eigenvalue weighted by Gasteiger charge is 2.51. The van der Waals surface area contributed by atoms with Crippen molar-refractivity contribution in [1.82, 2.24) is 0 Å². The van der Waals surface area contributed by atoms with Gasteiger partial charge in [-0.1, -0.05) is 31.6 Å². The second-order valence-corrected chi connectivity index (χ2v) is 7.93. The van der Waals surface area contributed by atoms with Gasteiger partial charge in [-0.3, -0.25) is 0 Å². The van der Waals surface area contributed by atoms with Crippen LogP contribution in [0.2, 0.25) is 0 Å². The lowest BCUT2D eigenvalue weighted by Crippen LogP contribution is -2.40. The molecule has 0 saturated heterocycles. The fraction of sp³-hybridized carbons (Fsp3) is 0.429. The van der Waals surface area contributed by atoms with Crippen LogP contribution in [-0.2, 0) is 0 Å². The maximum atomic E-state index is 5.77. The molecule has 0 N–H and O–H groups in total. The molecule has 0 bridgehead atoms. The van der Waals surface area contributed by atoms with Gasteiger partial charge in [0, 0.05) is 15.9 Å². The van der Waals surface area contributed by atoms with E-state index in [1.165, 1.54) is 35.1 Å². The summed E-state index contributed by atoms with van der Waals surface area (Å²) in [4.78, 5) is 1.04. The molecule has 4 atom stereocenters. The molecule has 0 aliphatic heterocycles. The number of rotatable bonds is 0. The van der Waals surface area contributed by atoms with Crippen molar-refractivity contribution in [2.45, 2.75) is 43.4 Å². The van der Waals surface area contributed by atoms with E-state index < -0.39 is 0 Å². The zero-order valence-corrected chi connectivity index (χ0v) is 14.0. The Morgan fingerprint density at radius 2 is 2.23 bits per heavy atom. The molecule has 112 valence electrons. The van der Waals surface area contributed by atoms with E-state index in [-0.39, 0.29) is 5.41 Å². The van der Waals surface area contributed by atoms with Crippen molar-refractivity contribution in [1.29, 1.82) is 0 Å². The third-order valence-electron chi connectivity index (χ3n) is 6.47. The molecule has 3 aliphatic rings. The lowest BCUT2D eigenvalue weighted by molar-refractivity contribution is 0.0900. The number of thiol groups is 1. The minimum absolute atomic E-state index is 0.219. The Hall–Kier alpha value is -1.39. The van der Waals surface area contributed by atoms with Gasteiger partial charge in [0.05, 0.1) is 0 Å². The molecule has 0 heterocycles. The maximum absolute atomic E-state index is 5.77. The van der Waals surface area contributed by atoms with Crippen LogP contribution in [0.5, 0.6) is 0 Å². The van der Waals surface area contributed by atoms with E-state index in [2.05, 4.69) is 56.3 Å². The summed E-state index contributed by atoms with van der Waals surface area (Å²) in [6.45, 7) is 6.76. The summed E-state index contributed by atoms with van der Waals surface area (Å²) in [5.74, 6) is 5.00. The van der Waals surface area contributed by atoms with E-state index in [9.17, 15) is 0 Å². The molecule has 1 heteroatoms. The van der Waals surface area contributed by atoms with Crippen molar-refractivity contribution in [3.8, 4) is 12.3 Å². The van der Waals surface area contributed by atoms with Crippen molar-refractivity contribution in [2.24, 2.45) is 17.3 Å². The molecule has 1 aromatic rings. The molecule has 1 fully saturated rings. The molecule has 22 heavy (non-hydrogen) atoms. The minimum Gasteiger partial charge on any atom is -0.143 e. The average Bonchev–Trinajstić information content (AvgIpc) is 2.84. The third-order valence-corrected chi connectivity index (χ3v) is 6.75. The summed E-state index contributed by atoms with van der Waals surface area (Å²) in [5, 5.41) is 0. The highest BCUT2D eigenvalue weighted by Crippen LogP contribution is 2.62. The van der Waals surface area contributed by atoms with E-state index in [1.807, 2.05) is 0 Å². The Morgan fingerprint density at radius 1 is 1.41 bits per heavy atom. The van der Waals surface area contributed by atoms with E-state index >= 15 is 0 Å². The standard InChI is InChI=1S/C21H22S/c1-4-14-5-8-20-19-11-13(2)18-12-15(22)6-7-16(18)17(19)9-10-21(14,20)3/h1,5-7,12,17,19-20,22H,2,8-11H2,3H3. The van der Waals surface area contributed by atoms with Gasteiger partial charge in [-0.2, -0.15) is 0 Å². The quantitative estimate of drug-likeness (QED) is 0.477. The summed E-state index contributed by atoms with van der Waals surface area (Å²) in [7, 11) is 0. The van der Waals surface area contributed by atoms with Gasteiger partial charge in [-0.25, -0.2) is 0 Å². The van der Waals surface area contributed by atoms with Gasteiger partial charge in [-0.15, -0.1) is 19.1 Å². The smallest absolute Gasteiger partial charge is 0.00462 e. The Labute approximate surface area is 139 Å². The summed E-state index contributed by atoms with van der Waals surface area (Å²) in [6.07, 6.45) is 12.8. The van der Waals surface area contributed by atoms with Crippen LogP contribution in [0.1, 0.15) is 49.7 Å². The van der Waals surface area contributed by atoms with Gasteiger partial charge in [-0.05, 0) is 72.3 Å². The third kappa shape index (κ3) is 1.80. The van der Waals surface area contributed by atoms with Gasteiger partial charge in [0.15, 0.2) is 0 Å². The van der Waals surface area contributed by atoms with Crippen LogP contribution in [0, 0.1) is 29.6 Å². The molecule has 3 aliphatic carbocycles. The van der Waals surface area contributed by atoms with Gasteiger partial charge in [0.2, 0.25) is 0 Å². The molecule has 0 radical (unpaired) electrons. The summed E-state index contributed by atoms with van der Waals surface area (Å²) in [6, 6.07) is 6.61. The number of benzene rings is 1. The fourth-order valence-corrected chi connectivity index (χ4v) is 5.52. The van der Waals surface area contributed by atoms with Crippen LogP contribution >= 0.6 is 12.6 Å². The van der Waals surface area contributed by atoms with E-state index in [0.29, 0.717) is 17.8 Å². The zero-order valence-electron chi connectivity index (χ0n) is 13.1. The molecule has 1 aromatic carbocycles. The number of hydrogen-bond donors (Lipinski definition) is 1. The highest BCUT2D eigenvalue weighted by molar-refractivity contribution is 7.80. The Balaban J connectivity index is 1.77. The molecular weight excluding hydrogens is 284 g/mol. The summed E-state index contributed by atoms with van der Waals surface area (Å²) >= 11 is 4.50. The molecule has 0 amide bonds. The molecule has 0 spiro atoms. The Morgan fingerprint density at radius 3 is 3.00 bits per heavy atom. The molecule has 0 nitrogen and oxygen atoms in total. The Bertz CT molecular complexity index is 733. The molecule has 0 aromatic heterocycles. The molecule has 4 unspecified atom stereocenters. The predicted molar refractivity (Wildman–Crippen MR) is 95.9 cm³/mol. The highest BCUT2D eigenvalue weighted by atomic mass is 32.1. The number of fused-ring (bicyclic) bond motifs is 5. The van der Waals surface area contributed by atoms with Crippen LogP contribution in [0.25, 0.3) is 5.57 Å². The van der Waals surface area contributed by atoms with Crippen LogP contribution in [-0.4, -0.2) is 0 Å². The van der Waals surface area contributed by atoms with Gasteiger partial charge < -0.3 is 0 Å². The summed E-state index contributed by atoms with van der Waals surface area (Å²) < 4.78 is 0. The number of hydrogen-bond acceptors (Lipinski definition) is 1. The fourth-order valence-electron chi connectivity index (χ4n) is 5.32. The average molecular weight is 306 g/mol. The first-order valence-corrected chi connectivity index (χ1v) is 8.67. The van der Waals surface area contributed by atoms with Crippen molar-refractivity contribution in [2.75, 3.05) is 0 Å². The Kier molecular flexibility index (Phi) is 3.10. The monoisotopic (exact) mass is 306 g/mol. The second kappa shape index (κ2) is 4.80. The van der Waals surface area contributed by atoms with Gasteiger partial charge >= 0.3 is 0 Å². The summed E-state index contributed by atoms with van der Waals surface area (Å²) in [5.41, 5.74) is 5.59. The lowest BCUT2D eigenvalue weighted by atomic mass is 9.54. The van der Waals surface area contributed by atoms with E-state index in [4.69, 9.17) is 6.42 Å². The molecule has 4 rings (SSSR count). The first-order chi connectivity index (χ1) is 10.5. The topological polar surface area (TPSA) is 0 Å². The van der Waals surface area contributed by atoms with E-state index in [1.54, 1.807) is 0 Å². The first-order valence-electron chi connectivity index (χ1n) is 8.23. The molecule has 1 saturated carbocycles. The van der Waals surface area contributed by atoms with Gasteiger partial charge in [0.25, 0.3) is 0 Å². The maximum Gasteiger partial charge on any atom is 0.00462 e. The predicted octanol–water partition coefficient (Wildman–Crippen LogP) is 5.47. The van der Waals surface area contributed by atoms with Crippen LogP contribution in [0.3, 0.4) is 0 Å². The minimum atomic E-state index is 0.219. The van der Waals surface area contributed by atoms with Crippen LogP contribution in [0.15, 0.2) is 41.3 Å². The van der Waals surface area contributed by atoms with Crippen molar-refractivity contribution in [3.05, 3.63) is 47.6 Å². The van der Waals surface area contributed by atoms with Crippen molar-refractivity contribution < 1.29 is 0 Å². The van der Waals surface area contributed by atoms with Crippen molar-refractivity contribution in [3.63, 3.8) is 0 Å².